The largest absolute Gasteiger partial charge is 0.476 e. The van der Waals surface area contributed by atoms with Gasteiger partial charge in [0, 0.05) is 22.8 Å². The van der Waals surface area contributed by atoms with Crippen LogP contribution in [0.3, 0.4) is 0 Å². The molecule has 1 aromatic carbocycles. The number of aliphatic hydroxyl groups is 1. The van der Waals surface area contributed by atoms with Crippen LogP contribution in [-0.2, 0) is 6.42 Å². The van der Waals surface area contributed by atoms with Crippen LogP contribution in [0.15, 0.2) is 34.9 Å². The Kier molecular flexibility index (Phi) is 3.78. The molecule has 6 heteroatoms. The van der Waals surface area contributed by atoms with Crippen molar-refractivity contribution in [1.29, 1.82) is 0 Å². The standard InChI is InChI=1S/C12H11BrN2O3/c13-9-2-1-3-10(6-9)15-7-8(4-5-16)11(14-15)12(17)18/h1-3,6-7,16H,4-5H2,(H,17,18). The van der Waals surface area contributed by atoms with E-state index in [2.05, 4.69) is 21.0 Å². The van der Waals surface area contributed by atoms with Crippen molar-refractivity contribution in [3.8, 4) is 5.69 Å². The lowest BCUT2D eigenvalue weighted by Crippen LogP contribution is -2.03. The number of benzene rings is 1. The molecule has 94 valence electrons. The molecule has 0 spiro atoms. The fraction of sp³-hybridized carbons (Fsp3) is 0.167. The third-order valence-electron chi connectivity index (χ3n) is 2.45. The number of aliphatic hydroxyl groups excluding tert-OH is 1. The smallest absolute Gasteiger partial charge is 0.356 e. The summed E-state index contributed by atoms with van der Waals surface area (Å²) >= 11 is 3.35. The predicted molar refractivity (Wildman–Crippen MR) is 69.0 cm³/mol. The number of hydrogen-bond donors (Lipinski definition) is 2. The van der Waals surface area contributed by atoms with Crippen molar-refractivity contribution in [2.75, 3.05) is 6.61 Å². The maximum absolute atomic E-state index is 11.0. The highest BCUT2D eigenvalue weighted by Gasteiger charge is 2.15. The van der Waals surface area contributed by atoms with Crippen LogP contribution in [0, 0.1) is 0 Å². The zero-order chi connectivity index (χ0) is 13.1. The van der Waals surface area contributed by atoms with Gasteiger partial charge in [-0.25, -0.2) is 9.48 Å². The highest BCUT2D eigenvalue weighted by Crippen LogP contribution is 2.17. The minimum atomic E-state index is -1.09. The van der Waals surface area contributed by atoms with Crippen LogP contribution < -0.4 is 0 Å². The second kappa shape index (κ2) is 5.32. The SMILES string of the molecule is O=C(O)c1nn(-c2cccc(Br)c2)cc1CCO. The summed E-state index contributed by atoms with van der Waals surface area (Å²) < 4.78 is 2.38. The molecule has 0 radical (unpaired) electrons. The summed E-state index contributed by atoms with van der Waals surface area (Å²) in [7, 11) is 0. The molecule has 0 atom stereocenters. The third-order valence-corrected chi connectivity index (χ3v) is 2.94. The summed E-state index contributed by atoms with van der Waals surface area (Å²) in [4.78, 5) is 11.0. The number of aromatic nitrogens is 2. The zero-order valence-corrected chi connectivity index (χ0v) is 11.0. The summed E-state index contributed by atoms with van der Waals surface area (Å²) in [6.07, 6.45) is 1.90. The molecular weight excluding hydrogens is 300 g/mol. The Balaban J connectivity index is 2.46. The molecule has 0 aliphatic carbocycles. The maximum Gasteiger partial charge on any atom is 0.356 e. The zero-order valence-electron chi connectivity index (χ0n) is 9.38. The van der Waals surface area contributed by atoms with E-state index in [-0.39, 0.29) is 18.7 Å². The molecule has 0 aliphatic rings. The van der Waals surface area contributed by atoms with Crippen LogP contribution in [0.1, 0.15) is 16.1 Å². The Morgan fingerprint density at radius 1 is 1.44 bits per heavy atom. The summed E-state index contributed by atoms with van der Waals surface area (Å²) in [6, 6.07) is 7.38. The van der Waals surface area contributed by atoms with Gasteiger partial charge in [0.25, 0.3) is 0 Å². The fourth-order valence-electron chi connectivity index (χ4n) is 1.64. The molecule has 0 aliphatic heterocycles. The molecule has 0 bridgehead atoms. The van der Waals surface area contributed by atoms with Gasteiger partial charge in [0.1, 0.15) is 0 Å². The molecule has 0 saturated carbocycles. The molecule has 2 N–H and O–H groups in total. The topological polar surface area (TPSA) is 75.3 Å². The van der Waals surface area contributed by atoms with Crippen LogP contribution in [0.5, 0.6) is 0 Å². The van der Waals surface area contributed by atoms with E-state index in [4.69, 9.17) is 10.2 Å². The van der Waals surface area contributed by atoms with Gasteiger partial charge in [0.15, 0.2) is 5.69 Å². The Morgan fingerprint density at radius 3 is 2.83 bits per heavy atom. The van der Waals surface area contributed by atoms with Gasteiger partial charge in [-0.2, -0.15) is 5.10 Å². The van der Waals surface area contributed by atoms with Gasteiger partial charge in [-0.05, 0) is 24.6 Å². The van der Waals surface area contributed by atoms with Crippen molar-refractivity contribution < 1.29 is 15.0 Å². The van der Waals surface area contributed by atoms with Gasteiger partial charge in [-0.3, -0.25) is 0 Å². The number of rotatable bonds is 4. The van der Waals surface area contributed by atoms with Crippen LogP contribution in [0.2, 0.25) is 0 Å². The van der Waals surface area contributed by atoms with Crippen molar-refractivity contribution in [3.63, 3.8) is 0 Å². The fourth-order valence-corrected chi connectivity index (χ4v) is 2.03. The lowest BCUT2D eigenvalue weighted by molar-refractivity contribution is 0.0688. The van der Waals surface area contributed by atoms with E-state index >= 15 is 0 Å². The van der Waals surface area contributed by atoms with Gasteiger partial charge >= 0.3 is 5.97 Å². The first kappa shape index (κ1) is 12.8. The van der Waals surface area contributed by atoms with Gasteiger partial charge in [-0.15, -0.1) is 0 Å². The monoisotopic (exact) mass is 310 g/mol. The highest BCUT2D eigenvalue weighted by atomic mass is 79.9. The number of halogens is 1. The number of hydrogen-bond acceptors (Lipinski definition) is 3. The Bertz CT molecular complexity index is 580. The molecule has 2 rings (SSSR count). The van der Waals surface area contributed by atoms with E-state index in [9.17, 15) is 4.79 Å². The van der Waals surface area contributed by atoms with Crippen LogP contribution in [0.4, 0.5) is 0 Å². The first-order valence-electron chi connectivity index (χ1n) is 5.30. The van der Waals surface area contributed by atoms with Gasteiger partial charge in [0.2, 0.25) is 0 Å². The quantitative estimate of drug-likeness (QED) is 0.904. The van der Waals surface area contributed by atoms with Crippen molar-refractivity contribution >= 4 is 21.9 Å². The lowest BCUT2D eigenvalue weighted by Gasteiger charge is -2.00. The lowest BCUT2D eigenvalue weighted by atomic mass is 10.2. The van der Waals surface area contributed by atoms with E-state index in [1.54, 1.807) is 6.20 Å². The van der Waals surface area contributed by atoms with Crippen LogP contribution >= 0.6 is 15.9 Å². The molecule has 2 aromatic rings. The first-order valence-corrected chi connectivity index (χ1v) is 6.09. The highest BCUT2D eigenvalue weighted by molar-refractivity contribution is 9.10. The summed E-state index contributed by atoms with van der Waals surface area (Å²) in [5.74, 6) is -1.09. The Labute approximate surface area is 112 Å². The number of nitrogens with zero attached hydrogens (tertiary/aromatic N) is 2. The minimum absolute atomic E-state index is 0.0241. The van der Waals surface area contributed by atoms with E-state index < -0.39 is 5.97 Å². The molecule has 18 heavy (non-hydrogen) atoms. The molecule has 1 aromatic heterocycles. The minimum Gasteiger partial charge on any atom is -0.476 e. The van der Waals surface area contributed by atoms with Crippen molar-refractivity contribution in [2.45, 2.75) is 6.42 Å². The number of carboxylic acid groups (broad SMARTS) is 1. The summed E-state index contributed by atoms with van der Waals surface area (Å²) in [6.45, 7) is -0.107. The van der Waals surface area contributed by atoms with Crippen molar-refractivity contribution in [3.05, 3.63) is 46.2 Å². The molecule has 5 nitrogen and oxygen atoms in total. The Morgan fingerprint density at radius 2 is 2.22 bits per heavy atom. The normalized spacial score (nSPS) is 10.6. The number of carbonyl (C=O) groups is 1. The molecule has 0 amide bonds. The number of aromatic carboxylic acids is 1. The van der Waals surface area contributed by atoms with E-state index in [0.29, 0.717) is 5.56 Å². The summed E-state index contributed by atoms with van der Waals surface area (Å²) in [5, 5.41) is 22.0. The van der Waals surface area contributed by atoms with Crippen molar-refractivity contribution in [2.24, 2.45) is 0 Å². The van der Waals surface area contributed by atoms with E-state index in [0.717, 1.165) is 10.2 Å². The first-order chi connectivity index (χ1) is 8.61. The van der Waals surface area contributed by atoms with Gasteiger partial charge in [0.05, 0.1) is 5.69 Å². The predicted octanol–water partition coefficient (Wildman–Crippen LogP) is 1.87. The van der Waals surface area contributed by atoms with Gasteiger partial charge in [-0.1, -0.05) is 22.0 Å². The third kappa shape index (κ3) is 2.60. The van der Waals surface area contributed by atoms with Crippen LogP contribution in [0.25, 0.3) is 5.69 Å². The van der Waals surface area contributed by atoms with Crippen LogP contribution in [-0.4, -0.2) is 32.6 Å². The molecule has 0 saturated heterocycles. The molecule has 0 fully saturated rings. The number of carboxylic acids is 1. The second-order valence-corrected chi connectivity index (χ2v) is 4.62. The molecule has 1 heterocycles. The average Bonchev–Trinajstić information content (AvgIpc) is 2.74. The molecular formula is C12H11BrN2O3. The Hall–Kier alpha value is -1.66. The van der Waals surface area contributed by atoms with E-state index in [1.807, 2.05) is 24.3 Å². The maximum atomic E-state index is 11.0. The summed E-state index contributed by atoms with van der Waals surface area (Å²) in [5.41, 5.74) is 1.25. The van der Waals surface area contributed by atoms with E-state index in [1.165, 1.54) is 4.68 Å². The molecule has 0 unspecified atom stereocenters. The average molecular weight is 311 g/mol. The van der Waals surface area contributed by atoms with Crippen molar-refractivity contribution in [1.82, 2.24) is 9.78 Å². The second-order valence-electron chi connectivity index (χ2n) is 3.71. The van der Waals surface area contributed by atoms with Gasteiger partial charge < -0.3 is 10.2 Å².